The topological polar surface area (TPSA) is 118 Å². The van der Waals surface area contributed by atoms with Crippen molar-refractivity contribution in [3.63, 3.8) is 0 Å². The van der Waals surface area contributed by atoms with Crippen molar-refractivity contribution < 1.29 is 33.3 Å². The van der Waals surface area contributed by atoms with Gasteiger partial charge in [0, 0.05) is 17.2 Å². The minimum Gasteiger partial charge on any atom is -0.497 e. The SMILES string of the molecule is COc1ccc(-c2nc3ccc(C(=O)OCC(=O)Nc4ccc(OC)cc4OC)cc3nc2-c2ccc(OC)cc2)cc1. The average Bonchev–Trinajstić information content (AvgIpc) is 3.06. The number of ether oxygens (including phenoxy) is 5. The minimum atomic E-state index is -0.675. The van der Waals surface area contributed by atoms with E-state index >= 15 is 0 Å². The lowest BCUT2D eigenvalue weighted by Gasteiger charge is -2.13. The third kappa shape index (κ3) is 6.48. The highest BCUT2D eigenvalue weighted by atomic mass is 16.5. The lowest BCUT2D eigenvalue weighted by Crippen LogP contribution is -2.21. The van der Waals surface area contributed by atoms with Crippen LogP contribution in [0.2, 0.25) is 0 Å². The average molecular weight is 580 g/mol. The fourth-order valence-electron chi connectivity index (χ4n) is 4.38. The van der Waals surface area contributed by atoms with Gasteiger partial charge in [-0.1, -0.05) is 0 Å². The summed E-state index contributed by atoms with van der Waals surface area (Å²) in [6, 6.07) is 24.9. The molecule has 218 valence electrons. The normalized spacial score (nSPS) is 10.6. The number of methoxy groups -OCH3 is 4. The van der Waals surface area contributed by atoms with Gasteiger partial charge < -0.3 is 29.0 Å². The Bertz CT molecular complexity index is 1770. The van der Waals surface area contributed by atoms with Gasteiger partial charge in [0.05, 0.1) is 62.1 Å². The van der Waals surface area contributed by atoms with Gasteiger partial charge in [-0.05, 0) is 78.9 Å². The molecule has 1 N–H and O–H groups in total. The molecule has 0 fully saturated rings. The van der Waals surface area contributed by atoms with Crippen LogP contribution in [0.3, 0.4) is 0 Å². The third-order valence-electron chi connectivity index (χ3n) is 6.64. The molecule has 10 nitrogen and oxygen atoms in total. The number of esters is 1. The summed E-state index contributed by atoms with van der Waals surface area (Å²) >= 11 is 0. The molecule has 0 saturated carbocycles. The van der Waals surface area contributed by atoms with Gasteiger partial charge in [-0.25, -0.2) is 14.8 Å². The standard InChI is InChI=1S/C33H29N3O7/c1-39-23-10-5-20(6-11-23)31-32(21-7-12-24(40-2)13-8-21)36-28-17-22(9-15-26(28)35-31)33(38)43-19-30(37)34-27-16-14-25(41-3)18-29(27)42-4/h5-18H,19H2,1-4H3,(H,34,37). The van der Waals surface area contributed by atoms with E-state index in [9.17, 15) is 9.59 Å². The third-order valence-corrected chi connectivity index (χ3v) is 6.64. The Hall–Kier alpha value is -5.64. The molecule has 0 saturated heterocycles. The molecule has 5 rings (SSSR count). The van der Waals surface area contributed by atoms with Crippen molar-refractivity contribution in [1.29, 1.82) is 0 Å². The number of benzene rings is 4. The summed E-state index contributed by atoms with van der Waals surface area (Å²) < 4.78 is 26.4. The monoisotopic (exact) mass is 579 g/mol. The smallest absolute Gasteiger partial charge is 0.338 e. The first-order valence-corrected chi connectivity index (χ1v) is 13.2. The van der Waals surface area contributed by atoms with Crippen molar-refractivity contribution in [2.24, 2.45) is 0 Å². The second-order valence-corrected chi connectivity index (χ2v) is 9.27. The van der Waals surface area contributed by atoms with Gasteiger partial charge in [0.25, 0.3) is 5.91 Å². The quantitative estimate of drug-likeness (QED) is 0.205. The molecule has 0 aliphatic carbocycles. The largest absolute Gasteiger partial charge is 0.497 e. The molecule has 1 amide bonds. The van der Waals surface area contributed by atoms with Crippen LogP contribution in [0, 0.1) is 0 Å². The van der Waals surface area contributed by atoms with Crippen LogP contribution < -0.4 is 24.3 Å². The molecule has 0 unspecified atom stereocenters. The fourth-order valence-corrected chi connectivity index (χ4v) is 4.38. The molecule has 1 aromatic heterocycles. The summed E-state index contributed by atoms with van der Waals surface area (Å²) in [4.78, 5) is 35.2. The van der Waals surface area contributed by atoms with Crippen LogP contribution in [-0.2, 0) is 9.53 Å². The summed E-state index contributed by atoms with van der Waals surface area (Å²) in [5.74, 6) is 1.22. The molecular formula is C33H29N3O7. The highest BCUT2D eigenvalue weighted by Gasteiger charge is 2.17. The zero-order valence-electron chi connectivity index (χ0n) is 24.0. The Kier molecular flexibility index (Phi) is 8.66. The zero-order chi connectivity index (χ0) is 30.3. The number of aromatic nitrogens is 2. The van der Waals surface area contributed by atoms with E-state index in [4.69, 9.17) is 33.7 Å². The maximum absolute atomic E-state index is 12.9. The van der Waals surface area contributed by atoms with Crippen molar-refractivity contribution in [2.75, 3.05) is 40.4 Å². The van der Waals surface area contributed by atoms with E-state index < -0.39 is 18.5 Å². The van der Waals surface area contributed by atoms with Gasteiger partial charge in [0.1, 0.15) is 23.0 Å². The van der Waals surface area contributed by atoms with Crippen molar-refractivity contribution in [1.82, 2.24) is 9.97 Å². The molecule has 0 radical (unpaired) electrons. The summed E-state index contributed by atoms with van der Waals surface area (Å²) in [6.45, 7) is -0.495. The maximum atomic E-state index is 12.9. The number of carbonyl (C=O) groups is 2. The molecule has 0 spiro atoms. The number of rotatable bonds is 10. The number of nitrogens with zero attached hydrogens (tertiary/aromatic N) is 2. The van der Waals surface area contributed by atoms with Crippen LogP contribution in [0.25, 0.3) is 33.5 Å². The van der Waals surface area contributed by atoms with Crippen LogP contribution in [-0.4, -0.2) is 56.9 Å². The number of amides is 1. The highest BCUT2D eigenvalue weighted by molar-refractivity contribution is 5.98. The predicted octanol–water partition coefficient (Wildman–Crippen LogP) is 5.79. The second kappa shape index (κ2) is 12.9. The fraction of sp³-hybridized carbons (Fsp3) is 0.152. The number of hydrogen-bond acceptors (Lipinski definition) is 9. The van der Waals surface area contributed by atoms with E-state index in [-0.39, 0.29) is 5.56 Å². The first-order chi connectivity index (χ1) is 20.9. The van der Waals surface area contributed by atoms with E-state index in [0.29, 0.717) is 45.4 Å². The van der Waals surface area contributed by atoms with E-state index in [0.717, 1.165) is 16.9 Å². The van der Waals surface area contributed by atoms with Gasteiger partial charge in [0.15, 0.2) is 6.61 Å². The molecule has 0 aliphatic heterocycles. The maximum Gasteiger partial charge on any atom is 0.338 e. The summed E-state index contributed by atoms with van der Waals surface area (Å²) in [5, 5.41) is 2.68. The minimum absolute atomic E-state index is 0.231. The van der Waals surface area contributed by atoms with Gasteiger partial charge >= 0.3 is 5.97 Å². The molecule has 1 heterocycles. The van der Waals surface area contributed by atoms with E-state index in [1.54, 1.807) is 50.6 Å². The van der Waals surface area contributed by atoms with E-state index in [2.05, 4.69) is 5.32 Å². The van der Waals surface area contributed by atoms with E-state index in [1.165, 1.54) is 14.2 Å². The number of fused-ring (bicyclic) bond motifs is 1. The van der Waals surface area contributed by atoms with Crippen LogP contribution in [0.1, 0.15) is 10.4 Å². The Morgan fingerprint density at radius 1 is 0.628 bits per heavy atom. The van der Waals surface area contributed by atoms with Crippen molar-refractivity contribution in [2.45, 2.75) is 0 Å². The molecule has 0 bridgehead atoms. The van der Waals surface area contributed by atoms with Gasteiger partial charge in [0.2, 0.25) is 0 Å². The van der Waals surface area contributed by atoms with Gasteiger partial charge in [-0.2, -0.15) is 0 Å². The van der Waals surface area contributed by atoms with Crippen molar-refractivity contribution >= 4 is 28.6 Å². The Morgan fingerprint density at radius 3 is 1.74 bits per heavy atom. The Morgan fingerprint density at radius 2 is 1.19 bits per heavy atom. The lowest BCUT2D eigenvalue weighted by atomic mass is 10.0. The first kappa shape index (κ1) is 28.9. The molecule has 0 atom stereocenters. The summed E-state index contributed by atoms with van der Waals surface area (Å²) in [6.07, 6.45) is 0. The molecule has 10 heteroatoms. The molecule has 0 aliphatic rings. The number of carbonyl (C=O) groups excluding carboxylic acids is 2. The first-order valence-electron chi connectivity index (χ1n) is 13.2. The number of nitrogens with one attached hydrogen (secondary N) is 1. The number of hydrogen-bond donors (Lipinski definition) is 1. The Labute approximate surface area is 248 Å². The number of anilines is 1. The highest BCUT2D eigenvalue weighted by Crippen LogP contribution is 2.33. The molecular weight excluding hydrogens is 550 g/mol. The van der Waals surface area contributed by atoms with Crippen LogP contribution in [0.5, 0.6) is 23.0 Å². The van der Waals surface area contributed by atoms with Crippen molar-refractivity contribution in [3.05, 3.63) is 90.5 Å². The van der Waals surface area contributed by atoms with Crippen LogP contribution >= 0.6 is 0 Å². The predicted molar refractivity (Wildman–Crippen MR) is 162 cm³/mol. The zero-order valence-corrected chi connectivity index (χ0v) is 24.0. The molecule has 43 heavy (non-hydrogen) atoms. The van der Waals surface area contributed by atoms with E-state index in [1.807, 2.05) is 48.5 Å². The van der Waals surface area contributed by atoms with Crippen molar-refractivity contribution in [3.8, 4) is 45.5 Å². The van der Waals surface area contributed by atoms with Crippen LogP contribution in [0.4, 0.5) is 5.69 Å². The van der Waals surface area contributed by atoms with Gasteiger partial charge in [-0.15, -0.1) is 0 Å². The Balaban J connectivity index is 1.40. The summed E-state index contributed by atoms with van der Waals surface area (Å²) in [5.41, 5.74) is 4.69. The second-order valence-electron chi connectivity index (χ2n) is 9.27. The van der Waals surface area contributed by atoms with Gasteiger partial charge in [-0.3, -0.25) is 4.79 Å². The van der Waals surface area contributed by atoms with Crippen LogP contribution in [0.15, 0.2) is 84.9 Å². The lowest BCUT2D eigenvalue weighted by molar-refractivity contribution is -0.119. The summed E-state index contributed by atoms with van der Waals surface area (Å²) in [7, 11) is 6.23. The molecule has 4 aromatic carbocycles. The molecule has 5 aromatic rings.